The summed E-state index contributed by atoms with van der Waals surface area (Å²) < 4.78 is 13.8. The van der Waals surface area contributed by atoms with Crippen LogP contribution in [0.25, 0.3) is 5.57 Å². The number of hydrogen-bond donors (Lipinski definition) is 2. The van der Waals surface area contributed by atoms with E-state index in [4.69, 9.17) is 5.11 Å². The number of aliphatic carboxylic acids is 1. The number of aryl methyl sites for hydroxylation is 1. The van der Waals surface area contributed by atoms with Gasteiger partial charge in [0.2, 0.25) is 0 Å². The summed E-state index contributed by atoms with van der Waals surface area (Å²) >= 11 is 0. The minimum absolute atomic E-state index is 0.0557. The Balaban J connectivity index is 2.43. The molecule has 0 fully saturated rings. The SMILES string of the molecule is Cc1cc(C2=C(C=CC(=O)C[C@@H](O)CC(=O)O)C(C)(C)CC(C)(C)C2)ccc1F. The average Bonchev–Trinajstić information content (AvgIpc) is 2.53. The lowest BCUT2D eigenvalue weighted by Crippen LogP contribution is -2.30. The number of carbonyl (C=O) groups excluding carboxylic acids is 1. The van der Waals surface area contributed by atoms with Gasteiger partial charge in [0.05, 0.1) is 12.5 Å². The Bertz CT molecular complexity index is 862. The summed E-state index contributed by atoms with van der Waals surface area (Å²) in [5.74, 6) is -1.70. The summed E-state index contributed by atoms with van der Waals surface area (Å²) in [6.45, 7) is 10.4. The molecule has 1 atom stereocenters. The fraction of sp³-hybridized carbons (Fsp3) is 0.500. The first-order chi connectivity index (χ1) is 13.3. The van der Waals surface area contributed by atoms with E-state index < -0.39 is 18.5 Å². The van der Waals surface area contributed by atoms with Crippen molar-refractivity contribution in [3.8, 4) is 0 Å². The largest absolute Gasteiger partial charge is 0.481 e. The van der Waals surface area contributed by atoms with Gasteiger partial charge in [0.25, 0.3) is 0 Å². The van der Waals surface area contributed by atoms with Crippen LogP contribution in [0.1, 0.15) is 64.5 Å². The fourth-order valence-electron chi connectivity index (χ4n) is 4.50. The van der Waals surface area contributed by atoms with Gasteiger partial charge in [0.1, 0.15) is 5.82 Å². The first-order valence-corrected chi connectivity index (χ1v) is 9.92. The van der Waals surface area contributed by atoms with Crippen molar-refractivity contribution in [2.75, 3.05) is 0 Å². The van der Waals surface area contributed by atoms with Crippen molar-refractivity contribution in [3.63, 3.8) is 0 Å². The molecule has 0 aliphatic heterocycles. The maximum Gasteiger partial charge on any atom is 0.305 e. The second-order valence-electron chi connectivity index (χ2n) is 9.51. The number of rotatable bonds is 7. The van der Waals surface area contributed by atoms with Gasteiger partial charge in [-0.3, -0.25) is 9.59 Å². The van der Waals surface area contributed by atoms with Crippen LogP contribution in [-0.2, 0) is 9.59 Å². The van der Waals surface area contributed by atoms with Gasteiger partial charge in [-0.1, -0.05) is 39.8 Å². The van der Waals surface area contributed by atoms with Crippen molar-refractivity contribution >= 4 is 17.3 Å². The van der Waals surface area contributed by atoms with Gasteiger partial charge in [0, 0.05) is 6.42 Å². The Morgan fingerprint density at radius 2 is 1.86 bits per heavy atom. The minimum atomic E-state index is -1.20. The van der Waals surface area contributed by atoms with Crippen molar-refractivity contribution < 1.29 is 24.2 Å². The topological polar surface area (TPSA) is 74.6 Å². The number of halogens is 1. The molecule has 0 spiro atoms. The highest BCUT2D eigenvalue weighted by molar-refractivity contribution is 5.91. The number of benzene rings is 1. The molecular formula is C24H31FO4. The molecule has 1 aromatic carbocycles. The highest BCUT2D eigenvalue weighted by atomic mass is 19.1. The molecule has 0 saturated heterocycles. The molecule has 1 aromatic rings. The number of aliphatic hydroxyl groups excluding tert-OH is 1. The maximum atomic E-state index is 13.8. The Labute approximate surface area is 172 Å². The molecule has 5 heteroatoms. The van der Waals surface area contributed by atoms with Gasteiger partial charge in [0.15, 0.2) is 5.78 Å². The van der Waals surface area contributed by atoms with Crippen LogP contribution in [0.15, 0.2) is 35.9 Å². The first kappa shape index (κ1) is 23.0. The lowest BCUT2D eigenvalue weighted by Gasteiger charge is -2.43. The van der Waals surface area contributed by atoms with Gasteiger partial charge >= 0.3 is 5.97 Å². The Hall–Kier alpha value is -2.27. The van der Waals surface area contributed by atoms with Crippen molar-refractivity contribution in [1.82, 2.24) is 0 Å². The van der Waals surface area contributed by atoms with Crippen LogP contribution >= 0.6 is 0 Å². The summed E-state index contributed by atoms with van der Waals surface area (Å²) in [5, 5.41) is 18.4. The summed E-state index contributed by atoms with van der Waals surface area (Å²) in [5.41, 5.74) is 3.49. The molecule has 158 valence electrons. The molecule has 29 heavy (non-hydrogen) atoms. The van der Waals surface area contributed by atoms with E-state index in [1.54, 1.807) is 19.1 Å². The van der Waals surface area contributed by atoms with Crippen molar-refractivity contribution in [2.45, 2.75) is 66.4 Å². The molecule has 2 N–H and O–H groups in total. The van der Waals surface area contributed by atoms with Gasteiger partial charge < -0.3 is 10.2 Å². The van der Waals surface area contributed by atoms with E-state index in [-0.39, 0.29) is 28.9 Å². The van der Waals surface area contributed by atoms with E-state index in [1.807, 2.05) is 6.07 Å². The van der Waals surface area contributed by atoms with Crippen LogP contribution in [0.3, 0.4) is 0 Å². The zero-order chi connectivity index (χ0) is 22.0. The van der Waals surface area contributed by atoms with Crippen molar-refractivity contribution in [1.29, 1.82) is 0 Å². The lowest BCUT2D eigenvalue weighted by atomic mass is 9.61. The van der Waals surface area contributed by atoms with E-state index in [0.29, 0.717) is 5.56 Å². The number of allylic oxidation sites excluding steroid dienone is 4. The quantitative estimate of drug-likeness (QED) is 0.623. The molecule has 4 nitrogen and oxygen atoms in total. The third-order valence-corrected chi connectivity index (χ3v) is 5.42. The Morgan fingerprint density at radius 3 is 2.45 bits per heavy atom. The first-order valence-electron chi connectivity index (χ1n) is 9.92. The van der Waals surface area contributed by atoms with Crippen LogP contribution < -0.4 is 0 Å². The number of carboxylic acids is 1. The van der Waals surface area contributed by atoms with Gasteiger partial charge in [-0.05, 0) is 71.1 Å². The predicted octanol–water partition coefficient (Wildman–Crippen LogP) is 5.08. The van der Waals surface area contributed by atoms with Crippen LogP contribution in [0, 0.1) is 23.6 Å². The summed E-state index contributed by atoms with van der Waals surface area (Å²) in [7, 11) is 0. The van der Waals surface area contributed by atoms with Crippen LogP contribution in [0.5, 0.6) is 0 Å². The molecule has 0 amide bonds. The van der Waals surface area contributed by atoms with Crippen LogP contribution in [0.2, 0.25) is 0 Å². The lowest BCUT2D eigenvalue weighted by molar-refractivity contribution is -0.139. The van der Waals surface area contributed by atoms with E-state index in [1.165, 1.54) is 12.1 Å². The fourth-order valence-corrected chi connectivity index (χ4v) is 4.50. The highest BCUT2D eigenvalue weighted by Crippen LogP contribution is 2.52. The average molecular weight is 403 g/mol. The number of hydrogen-bond acceptors (Lipinski definition) is 3. The molecule has 0 radical (unpaired) electrons. The standard InChI is InChI=1S/C24H31FO4/c1-15-10-16(6-9-21(15)25)19-13-23(2,3)14-24(4,5)20(19)8-7-17(26)11-18(27)12-22(28)29/h6-10,18,27H,11-14H2,1-5H3,(H,28,29)/t18-/m1/s1. The van der Waals surface area contributed by atoms with Gasteiger partial charge in [-0.25, -0.2) is 4.39 Å². The molecule has 0 heterocycles. The third kappa shape index (κ3) is 6.10. The smallest absolute Gasteiger partial charge is 0.305 e. The van der Waals surface area contributed by atoms with E-state index in [9.17, 15) is 19.1 Å². The van der Waals surface area contributed by atoms with E-state index in [2.05, 4.69) is 27.7 Å². The number of carboxylic acid groups (broad SMARTS) is 1. The summed E-state index contributed by atoms with van der Waals surface area (Å²) in [6, 6.07) is 5.09. The Morgan fingerprint density at radius 1 is 1.21 bits per heavy atom. The molecular weight excluding hydrogens is 371 g/mol. The number of ketones is 1. The minimum Gasteiger partial charge on any atom is -0.481 e. The molecule has 2 rings (SSSR count). The normalized spacial score (nSPS) is 19.4. The molecule has 1 aliphatic carbocycles. The zero-order valence-electron chi connectivity index (χ0n) is 17.9. The van der Waals surface area contributed by atoms with Crippen LogP contribution in [0.4, 0.5) is 4.39 Å². The van der Waals surface area contributed by atoms with Gasteiger partial charge in [-0.15, -0.1) is 0 Å². The zero-order valence-corrected chi connectivity index (χ0v) is 17.9. The third-order valence-electron chi connectivity index (χ3n) is 5.42. The molecule has 0 unspecified atom stereocenters. The highest BCUT2D eigenvalue weighted by Gasteiger charge is 2.38. The number of carbonyl (C=O) groups is 2. The van der Waals surface area contributed by atoms with E-state index in [0.717, 1.165) is 29.6 Å². The monoisotopic (exact) mass is 402 g/mol. The second kappa shape index (κ2) is 8.62. The second-order valence-corrected chi connectivity index (χ2v) is 9.51. The molecule has 0 saturated carbocycles. The van der Waals surface area contributed by atoms with Crippen molar-refractivity contribution in [2.24, 2.45) is 10.8 Å². The Kier molecular flexibility index (Phi) is 6.84. The van der Waals surface area contributed by atoms with E-state index >= 15 is 0 Å². The van der Waals surface area contributed by atoms with Crippen molar-refractivity contribution in [3.05, 3.63) is 52.9 Å². The van der Waals surface area contributed by atoms with Crippen LogP contribution in [-0.4, -0.2) is 28.1 Å². The molecule has 0 bridgehead atoms. The summed E-state index contributed by atoms with van der Waals surface area (Å²) in [6.07, 6.45) is 3.07. The molecule has 0 aromatic heterocycles. The number of aliphatic hydroxyl groups is 1. The predicted molar refractivity (Wildman–Crippen MR) is 112 cm³/mol. The maximum absolute atomic E-state index is 13.8. The molecule has 1 aliphatic rings. The summed E-state index contributed by atoms with van der Waals surface area (Å²) in [4.78, 5) is 22.9. The van der Waals surface area contributed by atoms with Gasteiger partial charge in [-0.2, -0.15) is 0 Å².